The molecule has 0 aromatic rings. The second-order valence-corrected chi connectivity index (χ2v) is 13.1. The molecule has 0 saturated heterocycles. The summed E-state index contributed by atoms with van der Waals surface area (Å²) < 4.78 is 14.4. The average molecular weight is 302 g/mol. The van der Waals surface area contributed by atoms with Crippen LogP contribution in [-0.2, 0) is 4.57 Å². The van der Waals surface area contributed by atoms with E-state index in [1.807, 2.05) is 0 Å². The van der Waals surface area contributed by atoms with Crippen molar-refractivity contribution < 1.29 is 4.57 Å². The first kappa shape index (κ1) is 20.2. The minimum atomic E-state index is -2.38. The molecule has 0 aliphatic rings. The fraction of sp³-hybridized carbons (Fsp3) is 1.00. The van der Waals surface area contributed by atoms with E-state index in [9.17, 15) is 4.57 Å². The average Bonchev–Trinajstić information content (AvgIpc) is 2.26. The summed E-state index contributed by atoms with van der Waals surface area (Å²) in [6, 6.07) is 0. The summed E-state index contributed by atoms with van der Waals surface area (Å²) in [7, 11) is -2.38. The second-order valence-electron chi connectivity index (χ2n) is 8.30. The Hall–Kier alpha value is 0.230. The third-order valence-electron chi connectivity index (χ3n) is 5.14. The Bertz CT molecular complexity index is 287. The Kier molecular flexibility index (Phi) is 7.07. The summed E-state index contributed by atoms with van der Waals surface area (Å²) in [6.07, 6.45) is 6.52. The van der Waals surface area contributed by atoms with Crippen molar-refractivity contribution >= 4 is 7.14 Å². The van der Waals surface area contributed by atoms with E-state index < -0.39 is 7.14 Å². The molecule has 0 aromatic carbocycles. The van der Waals surface area contributed by atoms with Gasteiger partial charge in [-0.2, -0.15) is 0 Å². The maximum absolute atomic E-state index is 14.4. The smallest absolute Gasteiger partial charge is 0.104 e. The lowest BCUT2D eigenvalue weighted by Crippen LogP contribution is -2.43. The summed E-state index contributed by atoms with van der Waals surface area (Å²) >= 11 is 0. The van der Waals surface area contributed by atoms with E-state index in [-0.39, 0.29) is 15.5 Å². The van der Waals surface area contributed by atoms with Crippen molar-refractivity contribution in [2.45, 2.75) is 116 Å². The molecule has 122 valence electrons. The van der Waals surface area contributed by atoms with Gasteiger partial charge in [0.2, 0.25) is 0 Å². The van der Waals surface area contributed by atoms with Gasteiger partial charge < -0.3 is 4.57 Å². The van der Waals surface area contributed by atoms with Crippen LogP contribution in [0, 0.1) is 0 Å². The van der Waals surface area contributed by atoms with Crippen molar-refractivity contribution in [3.05, 3.63) is 0 Å². The van der Waals surface area contributed by atoms with Crippen LogP contribution < -0.4 is 0 Å². The molecule has 0 heterocycles. The standard InChI is InChI=1S/C18H39OP/c1-10-13-16(4,5)20(19,17(6,7)14-11-2)18(8,9)15-12-3/h10-15H2,1-9H3. The molecule has 0 amide bonds. The number of hydrogen-bond donors (Lipinski definition) is 0. The molecule has 0 rings (SSSR count). The molecule has 0 radical (unpaired) electrons. The molecule has 0 fully saturated rings. The lowest BCUT2D eigenvalue weighted by molar-refractivity contribution is 0.426. The molecule has 0 aliphatic heterocycles. The molecule has 0 saturated carbocycles. The Morgan fingerprint density at radius 3 is 0.950 bits per heavy atom. The van der Waals surface area contributed by atoms with Gasteiger partial charge in [-0.15, -0.1) is 0 Å². The summed E-state index contributed by atoms with van der Waals surface area (Å²) in [5.41, 5.74) is 0. The van der Waals surface area contributed by atoms with Crippen LogP contribution in [0.1, 0.15) is 101 Å². The monoisotopic (exact) mass is 302 g/mol. The molecular formula is C18H39OP. The lowest BCUT2D eigenvalue weighted by Gasteiger charge is -2.53. The molecular weight excluding hydrogens is 263 g/mol. The highest BCUT2D eigenvalue weighted by Crippen LogP contribution is 2.77. The molecule has 0 bridgehead atoms. The SMILES string of the molecule is CCCC(C)(C)P(=O)(C(C)(C)CCC)C(C)(C)CCC. The van der Waals surface area contributed by atoms with Gasteiger partial charge in [0.25, 0.3) is 0 Å². The molecule has 1 nitrogen and oxygen atoms in total. The molecule has 2 heteroatoms. The van der Waals surface area contributed by atoms with Crippen molar-refractivity contribution in [2.75, 3.05) is 0 Å². The topological polar surface area (TPSA) is 17.1 Å². The summed E-state index contributed by atoms with van der Waals surface area (Å²) in [5, 5.41) is -0.211. The molecule has 0 atom stereocenters. The Morgan fingerprint density at radius 2 is 0.800 bits per heavy atom. The first-order chi connectivity index (χ1) is 8.93. The largest absolute Gasteiger partial charge is 0.322 e. The van der Waals surface area contributed by atoms with E-state index in [0.29, 0.717) is 0 Å². The molecule has 0 aromatic heterocycles. The van der Waals surface area contributed by atoms with Gasteiger partial charge in [0, 0.05) is 15.5 Å². The molecule has 0 N–H and O–H groups in total. The van der Waals surface area contributed by atoms with Crippen molar-refractivity contribution in [2.24, 2.45) is 0 Å². The minimum absolute atomic E-state index is 0.0703. The third-order valence-corrected chi connectivity index (χ3v) is 10.9. The fourth-order valence-corrected chi connectivity index (χ4v) is 11.3. The first-order valence-corrected chi connectivity index (χ1v) is 10.2. The van der Waals surface area contributed by atoms with Gasteiger partial charge in [0.1, 0.15) is 7.14 Å². The zero-order valence-corrected chi connectivity index (χ0v) is 16.5. The van der Waals surface area contributed by atoms with Gasteiger partial charge in [-0.05, 0) is 19.3 Å². The van der Waals surface area contributed by atoms with Gasteiger partial charge in [-0.3, -0.25) is 0 Å². The van der Waals surface area contributed by atoms with Crippen molar-refractivity contribution in [3.63, 3.8) is 0 Å². The predicted octanol–water partition coefficient (Wildman–Crippen LogP) is 7.09. The molecule has 0 spiro atoms. The van der Waals surface area contributed by atoms with Crippen molar-refractivity contribution in [1.29, 1.82) is 0 Å². The van der Waals surface area contributed by atoms with Crippen LogP contribution in [0.15, 0.2) is 0 Å². The minimum Gasteiger partial charge on any atom is -0.322 e. The molecule has 0 aliphatic carbocycles. The maximum Gasteiger partial charge on any atom is 0.104 e. The van der Waals surface area contributed by atoms with Crippen molar-refractivity contribution in [1.82, 2.24) is 0 Å². The third kappa shape index (κ3) is 3.52. The Balaban J connectivity index is 6.00. The van der Waals surface area contributed by atoms with Gasteiger partial charge in [0.05, 0.1) is 0 Å². The second kappa shape index (κ2) is 6.99. The lowest BCUT2D eigenvalue weighted by atomic mass is 10.1. The summed E-state index contributed by atoms with van der Waals surface area (Å²) in [6.45, 7) is 20.2. The Labute approximate surface area is 128 Å². The van der Waals surface area contributed by atoms with E-state index in [1.165, 1.54) is 0 Å². The highest BCUT2D eigenvalue weighted by molar-refractivity contribution is 7.68. The zero-order chi connectivity index (χ0) is 16.2. The summed E-state index contributed by atoms with van der Waals surface area (Å²) in [5.74, 6) is 0. The fourth-order valence-electron chi connectivity index (χ4n) is 4.77. The number of rotatable bonds is 9. The normalized spacial score (nSPS) is 14.7. The van der Waals surface area contributed by atoms with Gasteiger partial charge in [-0.25, -0.2) is 0 Å². The molecule has 20 heavy (non-hydrogen) atoms. The first-order valence-electron chi connectivity index (χ1n) is 8.54. The van der Waals surface area contributed by atoms with Crippen LogP contribution in [0.3, 0.4) is 0 Å². The highest BCUT2D eigenvalue weighted by Gasteiger charge is 2.57. The van der Waals surface area contributed by atoms with Crippen molar-refractivity contribution in [3.8, 4) is 0 Å². The predicted molar refractivity (Wildman–Crippen MR) is 94.6 cm³/mol. The maximum atomic E-state index is 14.4. The van der Waals surface area contributed by atoms with E-state index in [2.05, 4.69) is 62.3 Å². The zero-order valence-electron chi connectivity index (χ0n) is 15.6. The van der Waals surface area contributed by atoms with Crippen LogP contribution in [0.5, 0.6) is 0 Å². The van der Waals surface area contributed by atoms with Crippen LogP contribution in [0.25, 0.3) is 0 Å². The quantitative estimate of drug-likeness (QED) is 0.416. The van der Waals surface area contributed by atoms with E-state index in [1.54, 1.807) is 0 Å². The van der Waals surface area contributed by atoms with Crippen LogP contribution in [-0.4, -0.2) is 15.5 Å². The van der Waals surface area contributed by atoms with E-state index >= 15 is 0 Å². The number of hydrogen-bond acceptors (Lipinski definition) is 1. The van der Waals surface area contributed by atoms with Gasteiger partial charge >= 0.3 is 0 Å². The Morgan fingerprint density at radius 1 is 0.600 bits per heavy atom. The van der Waals surface area contributed by atoms with Crippen LogP contribution >= 0.6 is 7.14 Å². The van der Waals surface area contributed by atoms with E-state index in [0.717, 1.165) is 38.5 Å². The molecule has 0 unspecified atom stereocenters. The van der Waals surface area contributed by atoms with E-state index in [4.69, 9.17) is 0 Å². The van der Waals surface area contributed by atoms with Gasteiger partial charge in [-0.1, -0.05) is 81.6 Å². The van der Waals surface area contributed by atoms with Crippen LogP contribution in [0.4, 0.5) is 0 Å². The summed E-state index contributed by atoms with van der Waals surface area (Å²) in [4.78, 5) is 0. The highest BCUT2D eigenvalue weighted by atomic mass is 31.2. The van der Waals surface area contributed by atoms with Gasteiger partial charge in [0.15, 0.2) is 0 Å². The van der Waals surface area contributed by atoms with Crippen LogP contribution in [0.2, 0.25) is 0 Å².